The summed E-state index contributed by atoms with van der Waals surface area (Å²) in [6.07, 6.45) is 5.46. The number of hydrogen-bond acceptors (Lipinski definition) is 5. The first kappa shape index (κ1) is 20.7. The molecule has 30 heavy (non-hydrogen) atoms. The molecule has 0 bridgehead atoms. The average molecular weight is 431 g/mol. The predicted octanol–water partition coefficient (Wildman–Crippen LogP) is 3.30. The molecule has 2 aliphatic rings. The molecule has 1 aliphatic carbocycles. The Morgan fingerprint density at radius 3 is 2.63 bits per heavy atom. The molecule has 8 heteroatoms. The van der Waals surface area contributed by atoms with E-state index >= 15 is 0 Å². The van der Waals surface area contributed by atoms with Crippen LogP contribution < -0.4 is 14.2 Å². The summed E-state index contributed by atoms with van der Waals surface area (Å²) in [5.74, 6) is 1.11. The SMILES string of the molecule is CN(C(=O)c1cccc(S(=O)(=O)NCc2ccc3c(c2)OCO3)c1)C1CCCCC1. The summed E-state index contributed by atoms with van der Waals surface area (Å²) in [5.41, 5.74) is 1.14. The van der Waals surface area contributed by atoms with Gasteiger partial charge in [-0.05, 0) is 48.7 Å². The van der Waals surface area contributed by atoms with Gasteiger partial charge in [-0.2, -0.15) is 0 Å². The molecule has 0 radical (unpaired) electrons. The number of ether oxygens (including phenoxy) is 2. The van der Waals surface area contributed by atoms with E-state index in [-0.39, 0.29) is 30.2 Å². The van der Waals surface area contributed by atoms with E-state index in [0.717, 1.165) is 31.2 Å². The molecule has 2 aromatic carbocycles. The highest BCUT2D eigenvalue weighted by Gasteiger charge is 2.24. The predicted molar refractivity (Wildman–Crippen MR) is 112 cm³/mol. The molecule has 0 saturated heterocycles. The average Bonchev–Trinajstić information content (AvgIpc) is 3.25. The normalized spacial score (nSPS) is 16.4. The Morgan fingerprint density at radius 2 is 1.83 bits per heavy atom. The van der Waals surface area contributed by atoms with E-state index in [1.54, 1.807) is 42.3 Å². The first-order valence-corrected chi connectivity index (χ1v) is 11.7. The van der Waals surface area contributed by atoms with Crippen molar-refractivity contribution in [3.8, 4) is 11.5 Å². The third kappa shape index (κ3) is 4.44. The quantitative estimate of drug-likeness (QED) is 0.760. The first-order valence-electron chi connectivity index (χ1n) is 10.2. The third-order valence-corrected chi connectivity index (χ3v) is 7.14. The number of rotatable bonds is 6. The summed E-state index contributed by atoms with van der Waals surface area (Å²) >= 11 is 0. The Labute approximate surface area is 177 Å². The van der Waals surface area contributed by atoms with Gasteiger partial charge >= 0.3 is 0 Å². The van der Waals surface area contributed by atoms with Crippen LogP contribution in [0.3, 0.4) is 0 Å². The standard InChI is InChI=1S/C22H26N2O5S/c1-24(18-7-3-2-4-8-18)22(25)17-6-5-9-19(13-17)30(26,27)23-14-16-10-11-20-21(12-16)29-15-28-20/h5-6,9-13,18,23H,2-4,7-8,14-15H2,1H3. The molecule has 0 aromatic heterocycles. The van der Waals surface area contributed by atoms with Gasteiger partial charge in [0.05, 0.1) is 4.90 Å². The monoisotopic (exact) mass is 430 g/mol. The molecular formula is C22H26N2O5S. The van der Waals surface area contributed by atoms with Crippen molar-refractivity contribution in [3.05, 3.63) is 53.6 Å². The Balaban J connectivity index is 1.45. The second-order valence-electron chi connectivity index (χ2n) is 7.75. The van der Waals surface area contributed by atoms with E-state index in [1.165, 1.54) is 18.6 Å². The van der Waals surface area contributed by atoms with Gasteiger partial charge in [-0.1, -0.05) is 31.4 Å². The third-order valence-electron chi connectivity index (χ3n) is 5.74. The summed E-state index contributed by atoms with van der Waals surface area (Å²) in [6, 6.07) is 11.7. The van der Waals surface area contributed by atoms with Crippen molar-refractivity contribution in [1.29, 1.82) is 0 Å². The van der Waals surface area contributed by atoms with Crippen LogP contribution in [-0.2, 0) is 16.6 Å². The van der Waals surface area contributed by atoms with Crippen molar-refractivity contribution in [2.75, 3.05) is 13.8 Å². The lowest BCUT2D eigenvalue weighted by Gasteiger charge is -2.31. The Kier molecular flexibility index (Phi) is 5.97. The molecule has 1 fully saturated rings. The number of benzene rings is 2. The lowest BCUT2D eigenvalue weighted by Crippen LogP contribution is -2.38. The van der Waals surface area contributed by atoms with Crippen LogP contribution in [0.4, 0.5) is 0 Å². The lowest BCUT2D eigenvalue weighted by molar-refractivity contribution is 0.0696. The number of hydrogen-bond donors (Lipinski definition) is 1. The second-order valence-corrected chi connectivity index (χ2v) is 9.51. The number of sulfonamides is 1. The Hall–Kier alpha value is -2.58. The van der Waals surface area contributed by atoms with Gasteiger partial charge in [0.15, 0.2) is 11.5 Å². The van der Waals surface area contributed by atoms with Gasteiger partial charge in [-0.25, -0.2) is 13.1 Å². The van der Waals surface area contributed by atoms with Crippen LogP contribution in [0.5, 0.6) is 11.5 Å². The van der Waals surface area contributed by atoms with Gasteiger partial charge in [0.2, 0.25) is 16.8 Å². The van der Waals surface area contributed by atoms with E-state index in [0.29, 0.717) is 17.1 Å². The number of carbonyl (C=O) groups excluding carboxylic acids is 1. The molecule has 1 aliphatic heterocycles. The van der Waals surface area contributed by atoms with E-state index in [4.69, 9.17) is 9.47 Å². The van der Waals surface area contributed by atoms with Crippen molar-refractivity contribution >= 4 is 15.9 Å². The van der Waals surface area contributed by atoms with Gasteiger partial charge in [0, 0.05) is 25.2 Å². The van der Waals surface area contributed by atoms with Gasteiger partial charge in [0.25, 0.3) is 5.91 Å². The van der Waals surface area contributed by atoms with Crippen molar-refractivity contribution in [2.45, 2.75) is 49.6 Å². The van der Waals surface area contributed by atoms with E-state index in [2.05, 4.69) is 4.72 Å². The topological polar surface area (TPSA) is 84.9 Å². The Morgan fingerprint density at radius 1 is 1.07 bits per heavy atom. The molecule has 1 N–H and O–H groups in total. The molecule has 7 nitrogen and oxygen atoms in total. The molecule has 2 aromatic rings. The van der Waals surface area contributed by atoms with Crippen LogP contribution in [0.2, 0.25) is 0 Å². The first-order chi connectivity index (χ1) is 14.4. The van der Waals surface area contributed by atoms with Gasteiger partial charge in [-0.15, -0.1) is 0 Å². The van der Waals surface area contributed by atoms with Crippen LogP contribution in [-0.4, -0.2) is 39.1 Å². The van der Waals surface area contributed by atoms with Gasteiger partial charge in [0.1, 0.15) is 0 Å². The highest BCUT2D eigenvalue weighted by molar-refractivity contribution is 7.89. The van der Waals surface area contributed by atoms with Crippen molar-refractivity contribution < 1.29 is 22.7 Å². The minimum Gasteiger partial charge on any atom is -0.454 e. The van der Waals surface area contributed by atoms with E-state index in [9.17, 15) is 13.2 Å². The summed E-state index contributed by atoms with van der Waals surface area (Å²) in [7, 11) is -1.97. The molecule has 0 unspecified atom stereocenters. The number of nitrogens with one attached hydrogen (secondary N) is 1. The van der Waals surface area contributed by atoms with Crippen LogP contribution in [0.1, 0.15) is 48.0 Å². The zero-order chi connectivity index (χ0) is 21.1. The fourth-order valence-corrected chi connectivity index (χ4v) is 5.01. The Bertz CT molecular complexity index is 1030. The summed E-state index contributed by atoms with van der Waals surface area (Å²) in [4.78, 5) is 14.7. The summed E-state index contributed by atoms with van der Waals surface area (Å²) in [5, 5.41) is 0. The van der Waals surface area contributed by atoms with Crippen molar-refractivity contribution in [3.63, 3.8) is 0 Å². The lowest BCUT2D eigenvalue weighted by atomic mass is 9.94. The fraction of sp³-hybridized carbons (Fsp3) is 0.409. The van der Waals surface area contributed by atoms with Crippen molar-refractivity contribution in [2.24, 2.45) is 0 Å². The maximum atomic E-state index is 12.9. The van der Waals surface area contributed by atoms with Crippen LogP contribution in [0.25, 0.3) is 0 Å². The van der Waals surface area contributed by atoms with Crippen molar-refractivity contribution in [1.82, 2.24) is 9.62 Å². The molecule has 1 amide bonds. The number of carbonyl (C=O) groups is 1. The number of amides is 1. The minimum atomic E-state index is -3.77. The maximum Gasteiger partial charge on any atom is 0.253 e. The smallest absolute Gasteiger partial charge is 0.253 e. The summed E-state index contributed by atoms with van der Waals surface area (Å²) in [6.45, 7) is 0.278. The molecule has 0 atom stereocenters. The fourth-order valence-electron chi connectivity index (χ4n) is 3.95. The van der Waals surface area contributed by atoms with Gasteiger partial charge < -0.3 is 14.4 Å². The summed E-state index contributed by atoms with van der Waals surface area (Å²) < 4.78 is 38.8. The molecule has 4 rings (SSSR count). The minimum absolute atomic E-state index is 0.0751. The van der Waals surface area contributed by atoms with E-state index < -0.39 is 10.0 Å². The van der Waals surface area contributed by atoms with E-state index in [1.807, 2.05) is 0 Å². The second kappa shape index (κ2) is 8.65. The maximum absolute atomic E-state index is 12.9. The number of fused-ring (bicyclic) bond motifs is 1. The molecule has 160 valence electrons. The van der Waals surface area contributed by atoms with Crippen LogP contribution in [0, 0.1) is 0 Å². The van der Waals surface area contributed by atoms with Crippen LogP contribution >= 0.6 is 0 Å². The molecule has 1 saturated carbocycles. The number of nitrogens with zero attached hydrogens (tertiary/aromatic N) is 1. The zero-order valence-electron chi connectivity index (χ0n) is 17.0. The molecule has 1 heterocycles. The largest absolute Gasteiger partial charge is 0.454 e. The highest BCUT2D eigenvalue weighted by atomic mass is 32.2. The molecular weight excluding hydrogens is 404 g/mol. The van der Waals surface area contributed by atoms with Crippen LogP contribution in [0.15, 0.2) is 47.4 Å². The molecule has 0 spiro atoms. The van der Waals surface area contributed by atoms with Gasteiger partial charge in [-0.3, -0.25) is 4.79 Å². The zero-order valence-corrected chi connectivity index (χ0v) is 17.8. The highest BCUT2D eigenvalue weighted by Crippen LogP contribution is 2.32.